The van der Waals surface area contributed by atoms with Crippen LogP contribution in [0.2, 0.25) is 0 Å². The van der Waals surface area contributed by atoms with Gasteiger partial charge in [-0.1, -0.05) is 19.1 Å². The third-order valence-corrected chi connectivity index (χ3v) is 3.09. The van der Waals surface area contributed by atoms with Gasteiger partial charge in [0, 0.05) is 12.6 Å². The Labute approximate surface area is 135 Å². The van der Waals surface area contributed by atoms with Gasteiger partial charge in [-0.05, 0) is 48.4 Å². The van der Waals surface area contributed by atoms with E-state index in [0.717, 1.165) is 6.42 Å². The smallest absolute Gasteiger partial charge is 0.349 e. The van der Waals surface area contributed by atoms with Gasteiger partial charge in [0.1, 0.15) is 11.5 Å². The van der Waals surface area contributed by atoms with Crippen LogP contribution in [0, 0.1) is 0 Å². The van der Waals surface area contributed by atoms with E-state index >= 15 is 0 Å². The van der Waals surface area contributed by atoms with Crippen LogP contribution in [0.5, 0.6) is 11.5 Å². The third kappa shape index (κ3) is 5.47. The largest absolute Gasteiger partial charge is 0.482 e. The van der Waals surface area contributed by atoms with Gasteiger partial charge in [0.15, 0.2) is 6.61 Å². The fourth-order valence-corrected chi connectivity index (χ4v) is 1.93. The Hall–Kier alpha value is -2.82. The first-order chi connectivity index (χ1) is 11.1. The maximum atomic E-state index is 11.8. The van der Waals surface area contributed by atoms with Gasteiger partial charge in [-0.15, -0.1) is 0 Å². The second kappa shape index (κ2) is 7.98. The molecule has 0 fully saturated rings. The Bertz CT molecular complexity index is 662. The number of carbonyl (C=O) groups excluding carboxylic acids is 2. The average Bonchev–Trinajstić information content (AvgIpc) is 2.55. The van der Waals surface area contributed by atoms with Gasteiger partial charge in [0.2, 0.25) is 5.91 Å². The minimum absolute atomic E-state index is 0.155. The molecule has 120 valence electrons. The van der Waals surface area contributed by atoms with Crippen molar-refractivity contribution in [3.05, 3.63) is 54.1 Å². The van der Waals surface area contributed by atoms with Gasteiger partial charge in [0.05, 0.1) is 0 Å². The molecular weight excluding hydrogens is 294 g/mol. The molecule has 2 aromatic rings. The molecule has 2 rings (SSSR count). The summed E-state index contributed by atoms with van der Waals surface area (Å²) in [6, 6.07) is 14.1. The average molecular weight is 313 g/mol. The minimum Gasteiger partial charge on any atom is -0.482 e. The molecule has 0 unspecified atom stereocenters. The summed E-state index contributed by atoms with van der Waals surface area (Å²) in [4.78, 5) is 22.7. The van der Waals surface area contributed by atoms with Crippen LogP contribution >= 0.6 is 0 Å². The van der Waals surface area contributed by atoms with Gasteiger partial charge in [-0.3, -0.25) is 4.79 Å². The summed E-state index contributed by atoms with van der Waals surface area (Å²) in [6.07, 6.45) is 0.955. The summed E-state index contributed by atoms with van der Waals surface area (Å²) in [7, 11) is 0. The minimum atomic E-state index is -0.489. The third-order valence-electron chi connectivity index (χ3n) is 3.09. The Morgan fingerprint density at radius 2 is 1.57 bits per heavy atom. The summed E-state index contributed by atoms with van der Waals surface area (Å²) < 4.78 is 10.5. The molecular formula is C18H19NO4. The van der Waals surface area contributed by atoms with Crippen LogP contribution in [0.3, 0.4) is 0 Å². The van der Waals surface area contributed by atoms with Gasteiger partial charge in [-0.25, -0.2) is 4.79 Å². The Kier molecular flexibility index (Phi) is 5.74. The van der Waals surface area contributed by atoms with Crippen molar-refractivity contribution in [3.63, 3.8) is 0 Å². The fraction of sp³-hybridized carbons (Fsp3) is 0.222. The molecule has 0 aliphatic carbocycles. The van der Waals surface area contributed by atoms with Crippen molar-refractivity contribution >= 4 is 17.6 Å². The predicted octanol–water partition coefficient (Wildman–Crippen LogP) is 3.19. The number of hydrogen-bond donors (Lipinski definition) is 1. The highest BCUT2D eigenvalue weighted by atomic mass is 16.6. The van der Waals surface area contributed by atoms with Crippen LogP contribution in [0.15, 0.2) is 48.5 Å². The van der Waals surface area contributed by atoms with Gasteiger partial charge >= 0.3 is 5.97 Å². The van der Waals surface area contributed by atoms with Crippen LogP contribution in [0.25, 0.3) is 0 Å². The van der Waals surface area contributed by atoms with E-state index in [4.69, 9.17) is 9.47 Å². The molecule has 0 saturated carbocycles. The van der Waals surface area contributed by atoms with Gasteiger partial charge in [0.25, 0.3) is 0 Å². The number of carbonyl (C=O) groups is 2. The molecule has 0 saturated heterocycles. The molecule has 0 bridgehead atoms. The number of hydrogen-bond acceptors (Lipinski definition) is 4. The van der Waals surface area contributed by atoms with E-state index in [1.54, 1.807) is 24.3 Å². The van der Waals surface area contributed by atoms with E-state index in [9.17, 15) is 9.59 Å². The number of anilines is 1. The van der Waals surface area contributed by atoms with Gasteiger partial charge in [-0.2, -0.15) is 0 Å². The van der Waals surface area contributed by atoms with Crippen LogP contribution in [0.1, 0.15) is 19.4 Å². The molecule has 0 aromatic heterocycles. The highest BCUT2D eigenvalue weighted by Gasteiger charge is 2.06. The lowest BCUT2D eigenvalue weighted by Gasteiger charge is -2.08. The SMILES string of the molecule is CCc1ccc(OCC(=O)Oc2ccc(NC(C)=O)cc2)cc1. The zero-order chi connectivity index (χ0) is 16.7. The number of amides is 1. The number of esters is 1. The summed E-state index contributed by atoms with van der Waals surface area (Å²) in [5.74, 6) is 0.378. The van der Waals surface area contributed by atoms with Crippen molar-refractivity contribution in [3.8, 4) is 11.5 Å². The molecule has 2 aromatic carbocycles. The van der Waals surface area contributed by atoms with E-state index in [-0.39, 0.29) is 12.5 Å². The Morgan fingerprint density at radius 1 is 0.957 bits per heavy atom. The summed E-state index contributed by atoms with van der Waals surface area (Å²) >= 11 is 0. The van der Waals surface area contributed by atoms with Crippen molar-refractivity contribution in [1.82, 2.24) is 0 Å². The zero-order valence-corrected chi connectivity index (χ0v) is 13.2. The first-order valence-electron chi connectivity index (χ1n) is 7.37. The van der Waals surface area contributed by atoms with Crippen LogP contribution in [0.4, 0.5) is 5.69 Å². The quantitative estimate of drug-likeness (QED) is 0.657. The standard InChI is InChI=1S/C18H19NO4/c1-3-14-4-8-16(9-5-14)22-12-18(21)23-17-10-6-15(7-11-17)19-13(2)20/h4-11H,3,12H2,1-2H3,(H,19,20). The van der Waals surface area contributed by atoms with Crippen molar-refractivity contribution in [2.24, 2.45) is 0 Å². The summed E-state index contributed by atoms with van der Waals surface area (Å²) in [5, 5.41) is 2.64. The summed E-state index contributed by atoms with van der Waals surface area (Å²) in [5.41, 5.74) is 1.85. The van der Waals surface area contributed by atoms with Crippen molar-refractivity contribution in [2.75, 3.05) is 11.9 Å². The fourth-order valence-electron chi connectivity index (χ4n) is 1.93. The van der Waals surface area contributed by atoms with Gasteiger partial charge < -0.3 is 14.8 Å². The van der Waals surface area contributed by atoms with Crippen molar-refractivity contribution in [2.45, 2.75) is 20.3 Å². The van der Waals surface area contributed by atoms with E-state index in [1.165, 1.54) is 12.5 Å². The molecule has 23 heavy (non-hydrogen) atoms. The van der Waals surface area contributed by atoms with Crippen molar-refractivity contribution < 1.29 is 19.1 Å². The van der Waals surface area contributed by atoms with Crippen LogP contribution in [-0.4, -0.2) is 18.5 Å². The molecule has 0 aliphatic heterocycles. The number of aryl methyl sites for hydroxylation is 1. The van der Waals surface area contributed by atoms with E-state index in [0.29, 0.717) is 17.2 Å². The molecule has 0 aliphatic rings. The first-order valence-corrected chi connectivity index (χ1v) is 7.37. The lowest BCUT2D eigenvalue weighted by atomic mass is 10.2. The van der Waals surface area contributed by atoms with Crippen molar-refractivity contribution in [1.29, 1.82) is 0 Å². The molecule has 0 heterocycles. The molecule has 5 nitrogen and oxygen atoms in total. The van der Waals surface area contributed by atoms with Crippen LogP contribution in [-0.2, 0) is 16.0 Å². The topological polar surface area (TPSA) is 64.6 Å². The lowest BCUT2D eigenvalue weighted by molar-refractivity contribution is -0.136. The second-order valence-electron chi connectivity index (χ2n) is 4.97. The van der Waals surface area contributed by atoms with E-state index in [1.807, 2.05) is 24.3 Å². The molecule has 5 heteroatoms. The molecule has 0 spiro atoms. The monoisotopic (exact) mass is 313 g/mol. The molecule has 0 atom stereocenters. The Balaban J connectivity index is 1.82. The maximum absolute atomic E-state index is 11.8. The highest BCUT2D eigenvalue weighted by molar-refractivity contribution is 5.88. The van der Waals surface area contributed by atoms with E-state index in [2.05, 4.69) is 12.2 Å². The number of ether oxygens (including phenoxy) is 2. The molecule has 0 radical (unpaired) electrons. The second-order valence-corrected chi connectivity index (χ2v) is 4.97. The lowest BCUT2D eigenvalue weighted by Crippen LogP contribution is -2.17. The highest BCUT2D eigenvalue weighted by Crippen LogP contribution is 2.16. The number of benzene rings is 2. The number of nitrogens with one attached hydrogen (secondary N) is 1. The first kappa shape index (κ1) is 16.5. The Morgan fingerprint density at radius 3 is 2.13 bits per heavy atom. The zero-order valence-electron chi connectivity index (χ0n) is 13.2. The maximum Gasteiger partial charge on any atom is 0.349 e. The normalized spacial score (nSPS) is 10.0. The van der Waals surface area contributed by atoms with E-state index < -0.39 is 5.97 Å². The molecule has 1 N–H and O–H groups in total. The number of rotatable bonds is 6. The summed E-state index contributed by atoms with van der Waals surface area (Å²) in [6.45, 7) is 3.33. The molecule has 1 amide bonds. The predicted molar refractivity (Wildman–Crippen MR) is 87.7 cm³/mol. The van der Waals surface area contributed by atoms with Crippen LogP contribution < -0.4 is 14.8 Å².